The van der Waals surface area contributed by atoms with Gasteiger partial charge < -0.3 is 19.9 Å². The number of carboxylic acids is 1. The summed E-state index contributed by atoms with van der Waals surface area (Å²) in [5.41, 5.74) is 0.859. The molecule has 2 rings (SSSR count). The van der Waals surface area contributed by atoms with Gasteiger partial charge in [-0.05, 0) is 23.8 Å². The second-order valence-electron chi connectivity index (χ2n) is 4.68. The molecular formula is C15H16N2O6. The third-order valence-electron chi connectivity index (χ3n) is 3.21. The number of likely N-dealkylation sites (N-methyl/N-ethyl adjacent to an activating group) is 1. The van der Waals surface area contributed by atoms with Gasteiger partial charge in [-0.1, -0.05) is 0 Å². The predicted octanol–water partition coefficient (Wildman–Crippen LogP) is 0.264. The van der Waals surface area contributed by atoms with E-state index in [0.29, 0.717) is 22.7 Å². The standard InChI is InChI=1S/C15H16N2O6/c1-16-12(18)7-17-10-5-9(3-4-14(20)21)6-11(22-2)15(10)23-8-13(17)19/h3-6H,7-8H2,1-2H3,(H,16,18)(H,20,21)/b4-3+. The van der Waals surface area contributed by atoms with Crippen LogP contribution in [0.25, 0.3) is 6.08 Å². The first-order valence-corrected chi connectivity index (χ1v) is 6.73. The number of aliphatic carboxylic acids is 1. The third-order valence-corrected chi connectivity index (χ3v) is 3.21. The van der Waals surface area contributed by atoms with Crippen LogP contribution in [-0.4, -0.2) is 50.2 Å². The van der Waals surface area contributed by atoms with Gasteiger partial charge in [0, 0.05) is 13.1 Å². The molecule has 1 aliphatic heterocycles. The fourth-order valence-electron chi connectivity index (χ4n) is 2.11. The van der Waals surface area contributed by atoms with Crippen LogP contribution in [-0.2, 0) is 14.4 Å². The quantitative estimate of drug-likeness (QED) is 0.754. The molecule has 23 heavy (non-hydrogen) atoms. The number of ether oxygens (including phenoxy) is 2. The second kappa shape index (κ2) is 6.82. The van der Waals surface area contributed by atoms with Gasteiger partial charge in [-0.25, -0.2) is 4.79 Å². The lowest BCUT2D eigenvalue weighted by Crippen LogP contribution is -2.44. The van der Waals surface area contributed by atoms with E-state index in [9.17, 15) is 14.4 Å². The maximum atomic E-state index is 12.1. The predicted molar refractivity (Wildman–Crippen MR) is 81.6 cm³/mol. The number of benzene rings is 1. The highest BCUT2D eigenvalue weighted by Gasteiger charge is 2.30. The first kappa shape index (κ1) is 16.3. The van der Waals surface area contributed by atoms with Crippen molar-refractivity contribution in [1.82, 2.24) is 5.32 Å². The Morgan fingerprint density at radius 3 is 2.83 bits per heavy atom. The minimum absolute atomic E-state index is 0.166. The van der Waals surface area contributed by atoms with Crippen molar-refractivity contribution in [3.05, 3.63) is 23.8 Å². The molecule has 0 fully saturated rings. The molecule has 0 saturated heterocycles. The monoisotopic (exact) mass is 320 g/mol. The maximum Gasteiger partial charge on any atom is 0.328 e. The lowest BCUT2D eigenvalue weighted by Gasteiger charge is -2.30. The maximum absolute atomic E-state index is 12.1. The smallest absolute Gasteiger partial charge is 0.328 e. The van der Waals surface area contributed by atoms with E-state index in [1.165, 1.54) is 25.1 Å². The first-order valence-electron chi connectivity index (χ1n) is 6.73. The molecule has 1 heterocycles. The summed E-state index contributed by atoms with van der Waals surface area (Å²) in [6, 6.07) is 3.16. The molecule has 1 aromatic rings. The number of carbonyl (C=O) groups excluding carboxylic acids is 2. The molecule has 2 N–H and O–H groups in total. The molecule has 0 aliphatic carbocycles. The summed E-state index contributed by atoms with van der Waals surface area (Å²) in [4.78, 5) is 35.6. The topological polar surface area (TPSA) is 105 Å². The summed E-state index contributed by atoms with van der Waals surface area (Å²) in [7, 11) is 2.91. The molecule has 0 bridgehead atoms. The van der Waals surface area contributed by atoms with Gasteiger partial charge >= 0.3 is 5.97 Å². The number of hydrogen-bond donors (Lipinski definition) is 2. The summed E-state index contributed by atoms with van der Waals surface area (Å²) >= 11 is 0. The van der Waals surface area contributed by atoms with Crippen LogP contribution in [0.15, 0.2) is 18.2 Å². The average Bonchev–Trinajstić information content (AvgIpc) is 2.54. The van der Waals surface area contributed by atoms with Crippen molar-refractivity contribution >= 4 is 29.5 Å². The van der Waals surface area contributed by atoms with Gasteiger partial charge in [-0.2, -0.15) is 0 Å². The van der Waals surface area contributed by atoms with Crippen molar-refractivity contribution in [1.29, 1.82) is 0 Å². The van der Waals surface area contributed by atoms with E-state index >= 15 is 0 Å². The molecule has 8 heteroatoms. The number of amides is 2. The van der Waals surface area contributed by atoms with Crippen LogP contribution in [0.2, 0.25) is 0 Å². The van der Waals surface area contributed by atoms with E-state index in [-0.39, 0.29) is 25.0 Å². The van der Waals surface area contributed by atoms with Crippen LogP contribution in [0.3, 0.4) is 0 Å². The van der Waals surface area contributed by atoms with Gasteiger partial charge in [0.15, 0.2) is 18.1 Å². The van der Waals surface area contributed by atoms with Gasteiger partial charge in [-0.15, -0.1) is 0 Å². The van der Waals surface area contributed by atoms with Crippen LogP contribution in [0, 0.1) is 0 Å². The third kappa shape index (κ3) is 3.60. The number of rotatable bonds is 5. The van der Waals surface area contributed by atoms with Crippen molar-refractivity contribution in [3.8, 4) is 11.5 Å². The highest BCUT2D eigenvalue weighted by Crippen LogP contribution is 2.41. The molecule has 2 amide bonds. The van der Waals surface area contributed by atoms with Gasteiger partial charge in [0.1, 0.15) is 6.54 Å². The lowest BCUT2D eigenvalue weighted by atomic mass is 10.1. The number of nitrogens with one attached hydrogen (secondary N) is 1. The molecule has 0 saturated carbocycles. The van der Waals surface area contributed by atoms with Crippen molar-refractivity contribution in [2.75, 3.05) is 32.2 Å². The van der Waals surface area contributed by atoms with Crippen LogP contribution in [0.4, 0.5) is 5.69 Å². The number of fused-ring (bicyclic) bond motifs is 1. The Labute approximate surface area is 132 Å². The number of anilines is 1. The van der Waals surface area contributed by atoms with Crippen molar-refractivity contribution in [2.45, 2.75) is 0 Å². The molecule has 0 unspecified atom stereocenters. The van der Waals surface area contributed by atoms with Crippen molar-refractivity contribution in [2.24, 2.45) is 0 Å². The van der Waals surface area contributed by atoms with Gasteiger partial charge in [0.2, 0.25) is 5.91 Å². The van der Waals surface area contributed by atoms with E-state index in [2.05, 4.69) is 5.32 Å². The molecule has 0 aromatic heterocycles. The molecule has 1 aliphatic rings. The van der Waals surface area contributed by atoms with E-state index in [0.717, 1.165) is 6.08 Å². The second-order valence-corrected chi connectivity index (χ2v) is 4.68. The zero-order valence-electron chi connectivity index (χ0n) is 12.7. The highest BCUT2D eigenvalue weighted by atomic mass is 16.5. The van der Waals surface area contributed by atoms with Gasteiger partial charge in [0.25, 0.3) is 5.91 Å². The van der Waals surface area contributed by atoms with Crippen LogP contribution in [0.1, 0.15) is 5.56 Å². The van der Waals surface area contributed by atoms with Crippen LogP contribution < -0.4 is 19.7 Å². The van der Waals surface area contributed by atoms with Gasteiger partial charge in [-0.3, -0.25) is 14.5 Å². The Hall–Kier alpha value is -3.03. The summed E-state index contributed by atoms with van der Waals surface area (Å²) < 4.78 is 10.6. The van der Waals surface area contributed by atoms with Crippen molar-refractivity contribution < 1.29 is 29.0 Å². The Kier molecular flexibility index (Phi) is 4.85. The summed E-state index contributed by atoms with van der Waals surface area (Å²) in [6.07, 6.45) is 2.33. The Morgan fingerprint density at radius 2 is 2.22 bits per heavy atom. The van der Waals surface area contributed by atoms with Crippen LogP contribution >= 0.6 is 0 Å². The SMILES string of the molecule is CNC(=O)CN1C(=O)COc2c(OC)cc(/C=C/C(=O)O)cc21. The molecule has 0 spiro atoms. The van der Waals surface area contributed by atoms with Crippen molar-refractivity contribution in [3.63, 3.8) is 0 Å². The molecule has 8 nitrogen and oxygen atoms in total. The van der Waals surface area contributed by atoms with E-state index in [4.69, 9.17) is 14.6 Å². The molecule has 1 aromatic carbocycles. The number of hydrogen-bond acceptors (Lipinski definition) is 5. The number of methoxy groups -OCH3 is 1. The zero-order chi connectivity index (χ0) is 17.0. The summed E-state index contributed by atoms with van der Waals surface area (Å²) in [5, 5.41) is 11.2. The number of carboxylic acid groups (broad SMARTS) is 1. The Morgan fingerprint density at radius 1 is 1.48 bits per heavy atom. The molecular weight excluding hydrogens is 304 g/mol. The Balaban J connectivity index is 2.50. The van der Waals surface area contributed by atoms with E-state index < -0.39 is 5.97 Å². The summed E-state index contributed by atoms with van der Waals surface area (Å²) in [6.45, 7) is -0.369. The lowest BCUT2D eigenvalue weighted by molar-refractivity contribution is -0.131. The fourth-order valence-corrected chi connectivity index (χ4v) is 2.11. The number of nitrogens with zero attached hydrogens (tertiary/aromatic N) is 1. The average molecular weight is 320 g/mol. The van der Waals surface area contributed by atoms with E-state index in [1.807, 2.05) is 0 Å². The first-order chi connectivity index (χ1) is 11.0. The van der Waals surface area contributed by atoms with Crippen LogP contribution in [0.5, 0.6) is 11.5 Å². The van der Waals surface area contributed by atoms with Gasteiger partial charge in [0.05, 0.1) is 12.8 Å². The van der Waals surface area contributed by atoms with E-state index in [1.54, 1.807) is 12.1 Å². The Bertz CT molecular complexity index is 683. The minimum atomic E-state index is -1.10. The normalized spacial score (nSPS) is 13.5. The zero-order valence-corrected chi connectivity index (χ0v) is 12.7. The fraction of sp³-hybridized carbons (Fsp3) is 0.267. The molecule has 0 atom stereocenters. The number of carbonyl (C=O) groups is 3. The molecule has 122 valence electrons. The summed E-state index contributed by atoms with van der Waals surface area (Å²) in [5.74, 6) is -1.12. The highest BCUT2D eigenvalue weighted by molar-refractivity contribution is 6.03. The molecule has 0 radical (unpaired) electrons. The minimum Gasteiger partial charge on any atom is -0.493 e. The largest absolute Gasteiger partial charge is 0.493 e.